The Morgan fingerprint density at radius 2 is 1.94 bits per heavy atom. The third-order valence-corrected chi connectivity index (χ3v) is 2.75. The molecule has 0 unspecified atom stereocenters. The molecule has 0 fully saturated rings. The van der Waals surface area contributed by atoms with Gasteiger partial charge in [-0.05, 0) is 24.3 Å². The number of nitrogens with one attached hydrogen (secondary N) is 1. The highest BCUT2D eigenvalue weighted by atomic mass is 32.2. The van der Waals surface area contributed by atoms with E-state index in [4.69, 9.17) is 9.84 Å². The molecule has 17 heavy (non-hydrogen) atoms. The van der Waals surface area contributed by atoms with Crippen LogP contribution in [0.3, 0.4) is 0 Å². The molecule has 0 aliphatic rings. The number of carboxylic acid groups (broad SMARTS) is 1. The maximum Gasteiger partial charge on any atom is 0.313 e. The van der Waals surface area contributed by atoms with E-state index < -0.39 is 5.97 Å². The standard InChI is InChI=1S/C11H13NO4S/c1-16-9-4-2-8(3-5-9)12-10(13)6-17-7-11(14)15/h2-5H,6-7H2,1H3,(H,12,13)(H,14,15). The van der Waals surface area contributed by atoms with Gasteiger partial charge in [-0.15, -0.1) is 11.8 Å². The van der Waals surface area contributed by atoms with Crippen molar-refractivity contribution in [2.75, 3.05) is 23.9 Å². The number of aliphatic carboxylic acids is 1. The first-order valence-electron chi connectivity index (χ1n) is 4.85. The maximum atomic E-state index is 11.4. The number of amides is 1. The zero-order valence-corrected chi connectivity index (χ0v) is 10.1. The van der Waals surface area contributed by atoms with E-state index in [1.165, 1.54) is 0 Å². The number of carbonyl (C=O) groups is 2. The molecule has 0 atom stereocenters. The van der Waals surface area contributed by atoms with Crippen molar-refractivity contribution >= 4 is 29.3 Å². The predicted molar refractivity (Wildman–Crippen MR) is 66.6 cm³/mol. The Labute approximate surface area is 103 Å². The molecular formula is C11H13NO4S. The van der Waals surface area contributed by atoms with E-state index in [0.717, 1.165) is 11.8 Å². The highest BCUT2D eigenvalue weighted by Gasteiger charge is 2.04. The van der Waals surface area contributed by atoms with Gasteiger partial charge in [-0.2, -0.15) is 0 Å². The zero-order valence-electron chi connectivity index (χ0n) is 9.30. The predicted octanol–water partition coefficient (Wildman–Crippen LogP) is 1.45. The highest BCUT2D eigenvalue weighted by Crippen LogP contribution is 2.15. The minimum absolute atomic E-state index is 0.0734. The molecule has 0 aliphatic carbocycles. The Balaban J connectivity index is 2.37. The van der Waals surface area contributed by atoms with Crippen LogP contribution in [0.15, 0.2) is 24.3 Å². The lowest BCUT2D eigenvalue weighted by Gasteiger charge is -2.05. The number of anilines is 1. The van der Waals surface area contributed by atoms with Crippen LogP contribution in [-0.4, -0.2) is 35.6 Å². The van der Waals surface area contributed by atoms with Gasteiger partial charge in [0, 0.05) is 5.69 Å². The molecule has 0 aromatic heterocycles. The molecule has 1 aromatic rings. The van der Waals surface area contributed by atoms with Crippen molar-refractivity contribution < 1.29 is 19.4 Å². The summed E-state index contributed by atoms with van der Waals surface area (Å²) in [6.45, 7) is 0. The molecule has 6 heteroatoms. The number of hydrogen-bond donors (Lipinski definition) is 2. The summed E-state index contributed by atoms with van der Waals surface area (Å²) in [5.41, 5.74) is 0.659. The summed E-state index contributed by atoms with van der Waals surface area (Å²) in [4.78, 5) is 21.6. The van der Waals surface area contributed by atoms with Crippen LogP contribution in [0.1, 0.15) is 0 Å². The number of carbonyl (C=O) groups excluding carboxylic acids is 1. The average molecular weight is 255 g/mol. The van der Waals surface area contributed by atoms with Crippen molar-refractivity contribution in [3.8, 4) is 5.75 Å². The molecule has 1 aromatic carbocycles. The minimum atomic E-state index is -0.924. The third-order valence-electron chi connectivity index (χ3n) is 1.83. The van der Waals surface area contributed by atoms with E-state index in [-0.39, 0.29) is 17.4 Å². The summed E-state index contributed by atoms with van der Waals surface area (Å²) in [6.07, 6.45) is 0. The molecule has 1 amide bonds. The molecule has 2 N–H and O–H groups in total. The lowest BCUT2D eigenvalue weighted by Crippen LogP contribution is -2.15. The molecular weight excluding hydrogens is 242 g/mol. The summed E-state index contributed by atoms with van der Waals surface area (Å²) in [6, 6.07) is 6.91. The number of benzene rings is 1. The lowest BCUT2D eigenvalue weighted by atomic mass is 10.3. The van der Waals surface area contributed by atoms with Gasteiger partial charge in [-0.3, -0.25) is 9.59 Å². The smallest absolute Gasteiger partial charge is 0.313 e. The molecule has 0 radical (unpaired) electrons. The van der Waals surface area contributed by atoms with E-state index in [2.05, 4.69) is 5.32 Å². The Kier molecular flexibility index (Phi) is 5.35. The SMILES string of the molecule is COc1ccc(NC(=O)CSCC(=O)O)cc1. The second kappa shape index (κ2) is 6.80. The van der Waals surface area contributed by atoms with Crippen molar-refractivity contribution in [3.63, 3.8) is 0 Å². The van der Waals surface area contributed by atoms with Gasteiger partial charge in [0.15, 0.2) is 0 Å². The summed E-state index contributed by atoms with van der Waals surface area (Å²) in [7, 11) is 1.57. The molecule has 0 spiro atoms. The van der Waals surface area contributed by atoms with Gasteiger partial charge >= 0.3 is 5.97 Å². The Morgan fingerprint density at radius 1 is 1.29 bits per heavy atom. The molecule has 1 rings (SSSR count). The van der Waals surface area contributed by atoms with E-state index in [1.807, 2.05) is 0 Å². The molecule has 0 saturated carbocycles. The van der Waals surface area contributed by atoms with E-state index in [1.54, 1.807) is 31.4 Å². The van der Waals surface area contributed by atoms with E-state index in [0.29, 0.717) is 11.4 Å². The first kappa shape index (κ1) is 13.4. The summed E-state index contributed by atoms with van der Waals surface area (Å²) < 4.78 is 4.98. The first-order chi connectivity index (χ1) is 8.11. The zero-order chi connectivity index (χ0) is 12.7. The average Bonchev–Trinajstić information content (AvgIpc) is 2.29. The fraction of sp³-hybridized carbons (Fsp3) is 0.273. The van der Waals surface area contributed by atoms with Crippen molar-refractivity contribution in [1.29, 1.82) is 0 Å². The molecule has 0 aliphatic heterocycles. The van der Waals surface area contributed by atoms with Crippen LogP contribution < -0.4 is 10.1 Å². The second-order valence-electron chi connectivity index (χ2n) is 3.16. The fourth-order valence-electron chi connectivity index (χ4n) is 1.10. The quantitative estimate of drug-likeness (QED) is 0.804. The van der Waals surface area contributed by atoms with Crippen LogP contribution in [0, 0.1) is 0 Å². The van der Waals surface area contributed by atoms with Crippen molar-refractivity contribution in [3.05, 3.63) is 24.3 Å². The van der Waals surface area contributed by atoms with Gasteiger partial charge in [0.2, 0.25) is 5.91 Å². The normalized spacial score (nSPS) is 9.71. The summed E-state index contributed by atoms with van der Waals surface area (Å²) >= 11 is 1.06. The number of rotatable bonds is 6. The molecule has 0 saturated heterocycles. The van der Waals surface area contributed by atoms with Crippen molar-refractivity contribution in [2.45, 2.75) is 0 Å². The van der Waals surface area contributed by atoms with E-state index >= 15 is 0 Å². The van der Waals surface area contributed by atoms with Gasteiger partial charge in [0.25, 0.3) is 0 Å². The lowest BCUT2D eigenvalue weighted by molar-refractivity contribution is -0.133. The van der Waals surface area contributed by atoms with Crippen LogP contribution >= 0.6 is 11.8 Å². The van der Waals surface area contributed by atoms with Gasteiger partial charge in [-0.25, -0.2) is 0 Å². The van der Waals surface area contributed by atoms with Gasteiger partial charge < -0.3 is 15.2 Å². The highest BCUT2D eigenvalue weighted by molar-refractivity contribution is 8.00. The molecule has 92 valence electrons. The van der Waals surface area contributed by atoms with Crippen LogP contribution in [0.2, 0.25) is 0 Å². The van der Waals surface area contributed by atoms with Crippen molar-refractivity contribution in [2.24, 2.45) is 0 Å². The Morgan fingerprint density at radius 3 is 2.47 bits per heavy atom. The van der Waals surface area contributed by atoms with Gasteiger partial charge in [0.05, 0.1) is 18.6 Å². The van der Waals surface area contributed by atoms with Gasteiger partial charge in [0.1, 0.15) is 5.75 Å². The third kappa shape index (κ3) is 5.26. The first-order valence-corrected chi connectivity index (χ1v) is 6.00. The molecule has 0 heterocycles. The molecule has 0 bridgehead atoms. The van der Waals surface area contributed by atoms with Gasteiger partial charge in [-0.1, -0.05) is 0 Å². The summed E-state index contributed by atoms with van der Waals surface area (Å²) in [5, 5.41) is 11.1. The topological polar surface area (TPSA) is 75.6 Å². The minimum Gasteiger partial charge on any atom is -0.497 e. The second-order valence-corrected chi connectivity index (χ2v) is 4.15. The monoisotopic (exact) mass is 255 g/mol. The van der Waals surface area contributed by atoms with Crippen LogP contribution in [0.5, 0.6) is 5.75 Å². The number of carboxylic acids is 1. The van der Waals surface area contributed by atoms with Crippen LogP contribution in [0.25, 0.3) is 0 Å². The number of ether oxygens (including phenoxy) is 1. The number of thioether (sulfide) groups is 1. The van der Waals surface area contributed by atoms with Crippen LogP contribution in [0.4, 0.5) is 5.69 Å². The van der Waals surface area contributed by atoms with Crippen molar-refractivity contribution in [1.82, 2.24) is 0 Å². The number of methoxy groups -OCH3 is 1. The maximum absolute atomic E-state index is 11.4. The summed E-state index contributed by atoms with van der Waals surface area (Å²) in [5.74, 6) is -0.383. The Hall–Kier alpha value is -1.69. The molecule has 5 nitrogen and oxygen atoms in total. The van der Waals surface area contributed by atoms with E-state index in [9.17, 15) is 9.59 Å². The largest absolute Gasteiger partial charge is 0.497 e. The Bertz CT molecular complexity index is 391. The van der Waals surface area contributed by atoms with Crippen LogP contribution in [-0.2, 0) is 9.59 Å². The fourth-order valence-corrected chi connectivity index (χ4v) is 1.64. The number of hydrogen-bond acceptors (Lipinski definition) is 4.